The van der Waals surface area contributed by atoms with Crippen LogP contribution in [0.15, 0.2) is 40.4 Å². The molecule has 3 rings (SSSR count). The maximum absolute atomic E-state index is 12.1. The van der Waals surface area contributed by atoms with Gasteiger partial charge in [-0.05, 0) is 73.4 Å². The van der Waals surface area contributed by atoms with E-state index in [2.05, 4.69) is 52.0 Å². The second-order valence-electron chi connectivity index (χ2n) is 11.6. The Morgan fingerprint density at radius 3 is 2.29 bits per heavy atom. The highest BCUT2D eigenvalue weighted by Crippen LogP contribution is 2.42. The van der Waals surface area contributed by atoms with Gasteiger partial charge >= 0.3 is 0 Å². The number of fused-ring (bicyclic) bond motifs is 1. The number of hydrogen-bond donors (Lipinski definition) is 2. The van der Waals surface area contributed by atoms with E-state index in [9.17, 15) is 9.90 Å². The Balaban J connectivity index is 1.49. The van der Waals surface area contributed by atoms with Crippen molar-refractivity contribution in [2.75, 3.05) is 11.9 Å². The lowest BCUT2D eigenvalue weighted by Crippen LogP contribution is -2.26. The SMILES string of the molecule is CC(C)(C)c1cc(SON=CCCCOc2ccc3c(c2)C(C)(C)C(=O)N3)cc(C(C)(C)C)c1O. The summed E-state index contributed by atoms with van der Waals surface area (Å²) >= 11 is 1.19. The van der Waals surface area contributed by atoms with Gasteiger partial charge in [-0.15, -0.1) is 0 Å². The molecule has 2 aromatic carbocycles. The van der Waals surface area contributed by atoms with Gasteiger partial charge in [0, 0.05) is 23.0 Å². The van der Waals surface area contributed by atoms with Crippen LogP contribution in [0.1, 0.15) is 84.9 Å². The Labute approximate surface area is 213 Å². The van der Waals surface area contributed by atoms with Crippen LogP contribution >= 0.6 is 12.0 Å². The molecule has 190 valence electrons. The monoisotopic (exact) mass is 498 g/mol. The van der Waals surface area contributed by atoms with Crippen LogP contribution in [0.5, 0.6) is 11.5 Å². The summed E-state index contributed by atoms with van der Waals surface area (Å²) in [5.74, 6) is 1.12. The molecule has 0 unspecified atom stereocenters. The van der Waals surface area contributed by atoms with Crippen molar-refractivity contribution in [3.05, 3.63) is 47.0 Å². The van der Waals surface area contributed by atoms with Gasteiger partial charge in [-0.3, -0.25) is 4.79 Å². The summed E-state index contributed by atoms with van der Waals surface area (Å²) < 4.78 is 11.3. The lowest BCUT2D eigenvalue weighted by atomic mass is 9.79. The molecule has 1 aliphatic rings. The minimum atomic E-state index is -0.546. The summed E-state index contributed by atoms with van der Waals surface area (Å²) in [5, 5.41) is 17.8. The molecule has 2 aromatic rings. The molecule has 0 spiro atoms. The van der Waals surface area contributed by atoms with Crippen LogP contribution in [-0.2, 0) is 25.3 Å². The van der Waals surface area contributed by atoms with Gasteiger partial charge in [-0.2, -0.15) is 0 Å². The van der Waals surface area contributed by atoms with E-state index in [0.29, 0.717) is 18.8 Å². The molecule has 0 radical (unpaired) electrons. The van der Waals surface area contributed by atoms with Gasteiger partial charge in [-0.1, -0.05) is 46.7 Å². The van der Waals surface area contributed by atoms with E-state index in [1.165, 1.54) is 12.0 Å². The quantitative estimate of drug-likeness (QED) is 0.176. The number of benzene rings is 2. The van der Waals surface area contributed by atoms with Crippen molar-refractivity contribution in [3.63, 3.8) is 0 Å². The second-order valence-corrected chi connectivity index (χ2v) is 12.4. The molecule has 2 N–H and O–H groups in total. The average molecular weight is 499 g/mol. The number of oxime groups is 1. The van der Waals surface area contributed by atoms with Gasteiger partial charge in [0.05, 0.1) is 16.9 Å². The predicted molar refractivity (Wildman–Crippen MR) is 144 cm³/mol. The number of nitrogens with one attached hydrogen (secondary N) is 1. The molecule has 0 saturated carbocycles. The molecule has 0 aromatic heterocycles. The number of phenols is 1. The van der Waals surface area contributed by atoms with Gasteiger partial charge in [-0.25, -0.2) is 0 Å². The van der Waals surface area contributed by atoms with Crippen molar-refractivity contribution in [2.45, 2.75) is 89.4 Å². The minimum absolute atomic E-state index is 0.00953. The maximum atomic E-state index is 12.1. The molecule has 0 atom stereocenters. The number of anilines is 1. The summed E-state index contributed by atoms with van der Waals surface area (Å²) in [5.41, 5.74) is 2.68. The second kappa shape index (κ2) is 10.1. The number of phenolic OH excluding ortho intramolecular Hbond substituents is 1. The fourth-order valence-corrected chi connectivity index (χ4v) is 4.47. The smallest absolute Gasteiger partial charge is 0.234 e. The maximum Gasteiger partial charge on any atom is 0.234 e. The molecule has 0 aliphatic carbocycles. The van der Waals surface area contributed by atoms with Crippen LogP contribution in [-0.4, -0.2) is 23.8 Å². The third kappa shape index (κ3) is 6.31. The molecule has 35 heavy (non-hydrogen) atoms. The van der Waals surface area contributed by atoms with Gasteiger partial charge < -0.3 is 19.4 Å². The van der Waals surface area contributed by atoms with Crippen LogP contribution < -0.4 is 10.1 Å². The van der Waals surface area contributed by atoms with Crippen LogP contribution in [0.3, 0.4) is 0 Å². The van der Waals surface area contributed by atoms with Crippen molar-refractivity contribution < 1.29 is 18.9 Å². The number of nitrogens with zero attached hydrogens (tertiary/aromatic N) is 1. The Bertz CT molecular complexity index is 1080. The lowest BCUT2D eigenvalue weighted by Gasteiger charge is -2.27. The fraction of sp³-hybridized carbons (Fsp3) is 0.500. The van der Waals surface area contributed by atoms with Crippen molar-refractivity contribution in [2.24, 2.45) is 5.16 Å². The topological polar surface area (TPSA) is 80.2 Å². The molecular weight excluding hydrogens is 460 g/mol. The first-order valence-corrected chi connectivity index (χ1v) is 12.8. The first kappa shape index (κ1) is 26.9. The standard InChI is InChI=1S/C28H38N2O4S/c1-26(2,3)21-16-19(17-22(24(21)31)27(4,5)6)35-34-29-13-9-10-14-33-18-11-12-23-20(15-18)28(7,8)25(32)30-23/h11-13,15-17,31H,9-10,14H2,1-8H3,(H,30,32). The van der Waals surface area contributed by atoms with E-state index in [1.807, 2.05) is 44.2 Å². The summed E-state index contributed by atoms with van der Waals surface area (Å²) in [6.45, 7) is 16.9. The van der Waals surface area contributed by atoms with Crippen molar-refractivity contribution in [3.8, 4) is 11.5 Å². The van der Waals surface area contributed by atoms with E-state index in [0.717, 1.165) is 39.4 Å². The Hall–Kier alpha value is -2.67. The van der Waals surface area contributed by atoms with E-state index >= 15 is 0 Å². The normalized spacial score (nSPS) is 15.3. The van der Waals surface area contributed by atoms with Gasteiger partial charge in [0.15, 0.2) is 0 Å². The predicted octanol–water partition coefficient (Wildman–Crippen LogP) is 7.09. The van der Waals surface area contributed by atoms with Crippen LogP contribution in [0.2, 0.25) is 0 Å². The van der Waals surface area contributed by atoms with E-state index in [-0.39, 0.29) is 16.7 Å². The zero-order chi connectivity index (χ0) is 26.0. The molecule has 1 aliphatic heterocycles. The van der Waals surface area contributed by atoms with Gasteiger partial charge in [0.25, 0.3) is 0 Å². The Kier molecular flexibility index (Phi) is 7.80. The first-order valence-electron chi connectivity index (χ1n) is 12.0. The van der Waals surface area contributed by atoms with Crippen LogP contribution in [0, 0.1) is 0 Å². The zero-order valence-electron chi connectivity index (χ0n) is 22.1. The van der Waals surface area contributed by atoms with E-state index in [4.69, 9.17) is 9.02 Å². The molecule has 0 fully saturated rings. The fourth-order valence-electron chi connectivity index (χ4n) is 3.95. The molecule has 0 saturated heterocycles. The third-order valence-electron chi connectivity index (χ3n) is 6.18. The number of carbonyl (C=O) groups is 1. The highest BCUT2D eigenvalue weighted by atomic mass is 32.2. The number of amides is 1. The van der Waals surface area contributed by atoms with Crippen LogP contribution in [0.4, 0.5) is 5.69 Å². The molecular formula is C28H38N2O4S. The third-order valence-corrected chi connectivity index (χ3v) is 6.77. The van der Waals surface area contributed by atoms with Crippen LogP contribution in [0.25, 0.3) is 0 Å². The average Bonchev–Trinajstić information content (AvgIpc) is 2.97. The first-order chi connectivity index (χ1) is 16.2. The van der Waals surface area contributed by atoms with Gasteiger partial charge in [0.1, 0.15) is 23.5 Å². The van der Waals surface area contributed by atoms with E-state index < -0.39 is 5.41 Å². The lowest BCUT2D eigenvalue weighted by molar-refractivity contribution is -0.119. The summed E-state index contributed by atoms with van der Waals surface area (Å²) in [4.78, 5) is 13.0. The highest BCUT2D eigenvalue weighted by Gasteiger charge is 2.38. The Morgan fingerprint density at radius 2 is 1.69 bits per heavy atom. The van der Waals surface area contributed by atoms with Gasteiger partial charge in [0.2, 0.25) is 5.91 Å². The van der Waals surface area contributed by atoms with E-state index in [1.54, 1.807) is 6.21 Å². The molecule has 1 heterocycles. The number of unbranched alkanes of at least 4 members (excludes halogenated alkanes) is 1. The number of rotatable bonds is 8. The largest absolute Gasteiger partial charge is 0.507 e. The summed E-state index contributed by atoms with van der Waals surface area (Å²) in [6, 6.07) is 9.66. The summed E-state index contributed by atoms with van der Waals surface area (Å²) in [7, 11) is 0. The number of ether oxygens (including phenoxy) is 1. The Morgan fingerprint density at radius 1 is 1.06 bits per heavy atom. The number of carbonyl (C=O) groups excluding carboxylic acids is 1. The van der Waals surface area contributed by atoms with Crippen molar-refractivity contribution in [1.82, 2.24) is 0 Å². The number of hydrogen-bond acceptors (Lipinski definition) is 6. The summed E-state index contributed by atoms with van der Waals surface area (Å²) in [6.07, 6.45) is 3.24. The van der Waals surface area contributed by atoms with Crippen molar-refractivity contribution in [1.29, 1.82) is 0 Å². The molecule has 0 bridgehead atoms. The highest BCUT2D eigenvalue weighted by molar-refractivity contribution is 7.94. The molecule has 1 amide bonds. The molecule has 7 heteroatoms. The molecule has 6 nitrogen and oxygen atoms in total. The number of aromatic hydroxyl groups is 1. The van der Waals surface area contributed by atoms with Crippen molar-refractivity contribution >= 4 is 29.9 Å². The minimum Gasteiger partial charge on any atom is -0.507 e. The zero-order valence-corrected chi connectivity index (χ0v) is 22.9.